The summed E-state index contributed by atoms with van der Waals surface area (Å²) in [5.74, 6) is -0.636. The largest absolute Gasteiger partial charge is 0.459 e. The number of amides is 1. The summed E-state index contributed by atoms with van der Waals surface area (Å²) in [6, 6.07) is 18.3. The second-order valence-electron chi connectivity index (χ2n) is 11.1. The van der Waals surface area contributed by atoms with Crippen molar-refractivity contribution in [3.05, 3.63) is 88.7 Å². The number of carbonyl (C=O) groups is 2. The fraction of sp³-hybridized carbons (Fsp3) is 0.367. The summed E-state index contributed by atoms with van der Waals surface area (Å²) in [7, 11) is -4.05. The van der Waals surface area contributed by atoms with Crippen molar-refractivity contribution in [1.82, 2.24) is 15.0 Å². The summed E-state index contributed by atoms with van der Waals surface area (Å²) >= 11 is 0. The fourth-order valence-corrected chi connectivity index (χ4v) is 5.81. The van der Waals surface area contributed by atoms with Crippen LogP contribution in [0.5, 0.6) is 0 Å². The second-order valence-corrected chi connectivity index (χ2v) is 12.8. The number of hydrogen-bond acceptors (Lipinski definition) is 8. The normalized spacial score (nSPS) is 16.4. The topological polar surface area (TPSA) is 150 Å². The molecule has 1 saturated heterocycles. The van der Waals surface area contributed by atoms with Gasteiger partial charge >= 0.3 is 5.97 Å². The van der Waals surface area contributed by atoms with E-state index < -0.39 is 33.5 Å². The van der Waals surface area contributed by atoms with E-state index in [1.807, 2.05) is 18.2 Å². The molecule has 3 aromatic rings. The number of aromatic nitrogens is 1. The van der Waals surface area contributed by atoms with Crippen molar-refractivity contribution in [2.45, 2.75) is 62.7 Å². The molecule has 0 spiro atoms. The number of sulfonamides is 1. The summed E-state index contributed by atoms with van der Waals surface area (Å²) in [6.45, 7) is 5.52. The number of esters is 1. The monoisotopic (exact) mass is 595 g/mol. The third-order valence-corrected chi connectivity index (χ3v) is 8.05. The van der Waals surface area contributed by atoms with Crippen molar-refractivity contribution in [1.29, 1.82) is 0 Å². The number of ether oxygens (including phenoxy) is 1. The van der Waals surface area contributed by atoms with E-state index in [2.05, 4.69) is 25.2 Å². The average Bonchev–Trinajstić information content (AvgIpc) is 2.95. The van der Waals surface area contributed by atoms with Gasteiger partial charge in [0.15, 0.2) is 0 Å². The molecular weight excluding hydrogens is 558 g/mol. The number of hydrogen-bond donors (Lipinski definition) is 4. The minimum absolute atomic E-state index is 0.00963. The van der Waals surface area contributed by atoms with Crippen molar-refractivity contribution in [2.24, 2.45) is 0 Å². The van der Waals surface area contributed by atoms with Crippen LogP contribution in [0.15, 0.2) is 82.5 Å². The number of nitrogens with one attached hydrogen (secondary N) is 4. The highest BCUT2D eigenvalue weighted by atomic mass is 32.2. The minimum Gasteiger partial charge on any atom is -0.459 e. The zero-order valence-electron chi connectivity index (χ0n) is 23.9. The van der Waals surface area contributed by atoms with Gasteiger partial charge in [0, 0.05) is 30.4 Å². The van der Waals surface area contributed by atoms with Crippen LogP contribution in [0.25, 0.3) is 0 Å². The standard InChI is InChI=1S/C30H37N5O6S/c1-30(2,3)41-29(38)24(34-42(39,40)23-10-5-4-6-11-23)20-31-28(37)21-15-17-22(18-16-21)35-19-8-7-13-26(35)32-25-12-9-14-27(36)33-25/h4-6,9-12,14-18,24,26,34H,7-8,13,19-20H2,1-3H3,(H,31,37)(H2,32,33,36)/t24-,26-/m0/s1. The molecule has 224 valence electrons. The van der Waals surface area contributed by atoms with Crippen LogP contribution in [-0.4, -0.2) is 56.2 Å². The number of anilines is 2. The first-order chi connectivity index (χ1) is 19.9. The summed E-state index contributed by atoms with van der Waals surface area (Å²) in [5.41, 5.74) is 0.218. The van der Waals surface area contributed by atoms with Crippen LogP contribution in [0.3, 0.4) is 0 Å². The van der Waals surface area contributed by atoms with Gasteiger partial charge in [0.05, 0.1) is 4.90 Å². The zero-order valence-corrected chi connectivity index (χ0v) is 24.7. The minimum atomic E-state index is -4.05. The van der Waals surface area contributed by atoms with Crippen LogP contribution in [0.4, 0.5) is 11.5 Å². The lowest BCUT2D eigenvalue weighted by atomic mass is 10.1. The van der Waals surface area contributed by atoms with Gasteiger partial charge in [-0.05, 0) is 82.5 Å². The molecule has 0 unspecified atom stereocenters. The molecule has 1 aliphatic heterocycles. The Morgan fingerprint density at radius 1 is 1.00 bits per heavy atom. The second kappa shape index (κ2) is 13.2. The molecule has 0 radical (unpaired) electrons. The molecule has 0 bridgehead atoms. The van der Waals surface area contributed by atoms with E-state index in [1.165, 1.54) is 18.2 Å². The lowest BCUT2D eigenvalue weighted by Crippen LogP contribution is -2.50. The molecule has 1 amide bonds. The summed E-state index contributed by atoms with van der Waals surface area (Å²) in [4.78, 5) is 42.6. The van der Waals surface area contributed by atoms with Crippen molar-refractivity contribution >= 4 is 33.4 Å². The number of piperidine rings is 1. The molecule has 2 heterocycles. The van der Waals surface area contributed by atoms with E-state index in [0.717, 1.165) is 31.5 Å². The van der Waals surface area contributed by atoms with Crippen molar-refractivity contribution in [3.63, 3.8) is 0 Å². The number of pyridine rings is 1. The van der Waals surface area contributed by atoms with Crippen LogP contribution in [0.2, 0.25) is 0 Å². The summed E-state index contributed by atoms with van der Waals surface area (Å²) < 4.78 is 33.6. The summed E-state index contributed by atoms with van der Waals surface area (Å²) in [6.07, 6.45) is 2.89. The van der Waals surface area contributed by atoms with Gasteiger partial charge in [-0.15, -0.1) is 0 Å². The van der Waals surface area contributed by atoms with Gasteiger partial charge in [-0.25, -0.2) is 8.42 Å². The van der Waals surface area contributed by atoms with Crippen molar-refractivity contribution in [3.8, 4) is 0 Å². The third kappa shape index (κ3) is 8.43. The van der Waals surface area contributed by atoms with Crippen LogP contribution >= 0.6 is 0 Å². The van der Waals surface area contributed by atoms with Crippen LogP contribution in [0, 0.1) is 0 Å². The van der Waals surface area contributed by atoms with E-state index >= 15 is 0 Å². The maximum absolute atomic E-state index is 13.0. The maximum atomic E-state index is 13.0. The van der Waals surface area contributed by atoms with Gasteiger partial charge in [0.25, 0.3) is 5.91 Å². The van der Waals surface area contributed by atoms with E-state index in [9.17, 15) is 22.8 Å². The van der Waals surface area contributed by atoms with E-state index in [4.69, 9.17) is 4.74 Å². The molecule has 11 nitrogen and oxygen atoms in total. The fourth-order valence-electron chi connectivity index (χ4n) is 4.60. The van der Waals surface area contributed by atoms with Gasteiger partial charge < -0.3 is 25.3 Å². The number of aromatic amines is 1. The lowest BCUT2D eigenvalue weighted by molar-refractivity contribution is -0.156. The van der Waals surface area contributed by atoms with Gasteiger partial charge in [0.1, 0.15) is 23.6 Å². The zero-order chi connectivity index (χ0) is 30.3. The SMILES string of the molecule is CC(C)(C)OC(=O)[C@H](CNC(=O)c1ccc(N2CCCC[C@H]2Nc2cccc(=O)[nH]2)cc1)NS(=O)(=O)c1ccccc1. The predicted molar refractivity (Wildman–Crippen MR) is 161 cm³/mol. The van der Waals surface area contributed by atoms with E-state index in [-0.39, 0.29) is 23.2 Å². The molecule has 0 aliphatic carbocycles. The van der Waals surface area contributed by atoms with Gasteiger partial charge in [-0.3, -0.25) is 14.4 Å². The molecule has 4 rings (SSSR count). The molecule has 0 saturated carbocycles. The first-order valence-corrected chi connectivity index (χ1v) is 15.3. The molecule has 1 aliphatic rings. The van der Waals surface area contributed by atoms with Crippen molar-refractivity contribution in [2.75, 3.05) is 23.3 Å². The summed E-state index contributed by atoms with van der Waals surface area (Å²) in [5, 5.41) is 6.05. The van der Waals surface area contributed by atoms with Gasteiger partial charge in [-0.2, -0.15) is 4.72 Å². The Morgan fingerprint density at radius 3 is 2.38 bits per heavy atom. The Kier molecular flexibility index (Phi) is 9.69. The van der Waals surface area contributed by atoms with E-state index in [1.54, 1.807) is 57.2 Å². The smallest absolute Gasteiger partial charge is 0.326 e. The molecule has 1 aromatic heterocycles. The average molecular weight is 596 g/mol. The molecule has 2 atom stereocenters. The number of carbonyl (C=O) groups excluding carboxylic acids is 2. The first-order valence-electron chi connectivity index (χ1n) is 13.8. The van der Waals surface area contributed by atoms with E-state index in [0.29, 0.717) is 11.4 Å². The number of benzene rings is 2. The predicted octanol–water partition coefficient (Wildman–Crippen LogP) is 3.22. The van der Waals surface area contributed by atoms with Crippen LogP contribution < -0.4 is 25.8 Å². The quantitative estimate of drug-likeness (QED) is 0.261. The Labute approximate surface area is 245 Å². The number of rotatable bonds is 10. The highest BCUT2D eigenvalue weighted by molar-refractivity contribution is 7.89. The first kappa shape index (κ1) is 30.8. The highest BCUT2D eigenvalue weighted by Crippen LogP contribution is 2.26. The van der Waals surface area contributed by atoms with Crippen LogP contribution in [0.1, 0.15) is 50.4 Å². The van der Waals surface area contributed by atoms with Crippen LogP contribution in [-0.2, 0) is 19.6 Å². The Hall–Kier alpha value is -4.16. The Balaban J connectivity index is 1.44. The molecule has 12 heteroatoms. The van der Waals surface area contributed by atoms with Gasteiger partial charge in [0.2, 0.25) is 15.6 Å². The van der Waals surface area contributed by atoms with Crippen molar-refractivity contribution < 1.29 is 22.7 Å². The number of H-pyrrole nitrogens is 1. The Bertz CT molecular complexity index is 1530. The lowest BCUT2D eigenvalue weighted by Gasteiger charge is -2.38. The molecule has 4 N–H and O–H groups in total. The maximum Gasteiger partial charge on any atom is 0.326 e. The van der Waals surface area contributed by atoms with Gasteiger partial charge in [-0.1, -0.05) is 24.3 Å². The molecule has 1 fully saturated rings. The Morgan fingerprint density at radius 2 is 1.71 bits per heavy atom. The molecule has 42 heavy (non-hydrogen) atoms. The number of nitrogens with zero attached hydrogens (tertiary/aromatic N) is 1. The molecular formula is C30H37N5O6S. The molecule has 2 aromatic carbocycles. The highest BCUT2D eigenvalue weighted by Gasteiger charge is 2.30. The third-order valence-electron chi connectivity index (χ3n) is 6.56.